The molecule has 0 radical (unpaired) electrons. The van der Waals surface area contributed by atoms with Crippen LogP contribution in [0.15, 0.2) is 28.4 Å². The summed E-state index contributed by atoms with van der Waals surface area (Å²) in [5, 5.41) is 1.34. The van der Waals surface area contributed by atoms with Gasteiger partial charge in [0.1, 0.15) is 15.3 Å². The maximum Gasteiger partial charge on any atom is 0.158 e. The monoisotopic (exact) mass is 306 g/mol. The third-order valence-electron chi connectivity index (χ3n) is 1.75. The van der Waals surface area contributed by atoms with Crippen LogP contribution in [0.3, 0.4) is 0 Å². The van der Waals surface area contributed by atoms with Crippen LogP contribution in [0.25, 0.3) is 0 Å². The molecule has 88 valence electrons. The van der Waals surface area contributed by atoms with Crippen LogP contribution in [-0.4, -0.2) is 15.0 Å². The standard InChI is InChI=1S/C9H5Cl3N4S/c10-5-3-15-9(8(13)16-5)17-4-1-2-14-7(12)6(4)11/h1-3H,(H2,13,16). The number of nitrogens with two attached hydrogens (primary N) is 1. The number of aromatic nitrogens is 3. The van der Waals surface area contributed by atoms with E-state index < -0.39 is 0 Å². The molecule has 0 amide bonds. The minimum atomic E-state index is 0.233. The van der Waals surface area contributed by atoms with Gasteiger partial charge in [0.25, 0.3) is 0 Å². The topological polar surface area (TPSA) is 64.7 Å². The largest absolute Gasteiger partial charge is 0.381 e. The van der Waals surface area contributed by atoms with E-state index in [4.69, 9.17) is 40.5 Å². The second-order valence-corrected chi connectivity index (χ2v) is 5.05. The second kappa shape index (κ2) is 5.27. The van der Waals surface area contributed by atoms with Gasteiger partial charge in [0, 0.05) is 11.1 Å². The molecule has 4 nitrogen and oxygen atoms in total. The Hall–Kier alpha value is -0.750. The SMILES string of the molecule is Nc1nc(Cl)cnc1Sc1ccnc(Cl)c1Cl. The van der Waals surface area contributed by atoms with Crippen molar-refractivity contribution in [1.82, 2.24) is 15.0 Å². The summed E-state index contributed by atoms with van der Waals surface area (Å²) in [6.45, 7) is 0. The maximum atomic E-state index is 6.00. The van der Waals surface area contributed by atoms with Gasteiger partial charge >= 0.3 is 0 Å². The molecule has 2 heterocycles. The summed E-state index contributed by atoms with van der Waals surface area (Å²) in [5.74, 6) is 0.242. The highest BCUT2D eigenvalue weighted by atomic mass is 35.5. The van der Waals surface area contributed by atoms with E-state index in [1.807, 2.05) is 0 Å². The minimum Gasteiger partial charge on any atom is -0.381 e. The Morgan fingerprint density at radius 3 is 2.65 bits per heavy atom. The van der Waals surface area contributed by atoms with E-state index in [0.29, 0.717) is 14.9 Å². The van der Waals surface area contributed by atoms with Crippen LogP contribution in [0.5, 0.6) is 0 Å². The van der Waals surface area contributed by atoms with Gasteiger partial charge in [-0.1, -0.05) is 46.6 Å². The van der Waals surface area contributed by atoms with Crippen molar-refractivity contribution in [2.75, 3.05) is 5.73 Å². The summed E-state index contributed by atoms with van der Waals surface area (Å²) in [6.07, 6.45) is 2.97. The first-order chi connectivity index (χ1) is 8.08. The van der Waals surface area contributed by atoms with Crippen LogP contribution in [0.4, 0.5) is 5.82 Å². The lowest BCUT2D eigenvalue weighted by Crippen LogP contribution is -1.96. The quantitative estimate of drug-likeness (QED) is 0.859. The molecule has 0 unspecified atom stereocenters. The Balaban J connectivity index is 2.35. The molecule has 0 saturated heterocycles. The van der Waals surface area contributed by atoms with Gasteiger partial charge in [-0.3, -0.25) is 0 Å². The van der Waals surface area contributed by atoms with Crippen molar-refractivity contribution in [3.05, 3.63) is 33.8 Å². The van der Waals surface area contributed by atoms with Crippen LogP contribution in [0, 0.1) is 0 Å². The average Bonchev–Trinajstić information content (AvgIpc) is 2.28. The van der Waals surface area contributed by atoms with E-state index in [1.165, 1.54) is 18.0 Å². The minimum absolute atomic E-state index is 0.233. The summed E-state index contributed by atoms with van der Waals surface area (Å²) in [4.78, 5) is 12.5. The zero-order valence-electron chi connectivity index (χ0n) is 8.19. The fraction of sp³-hybridized carbons (Fsp3) is 0. The summed E-state index contributed by atoms with van der Waals surface area (Å²) in [6, 6.07) is 1.72. The van der Waals surface area contributed by atoms with Crippen LogP contribution in [0.2, 0.25) is 15.3 Å². The lowest BCUT2D eigenvalue weighted by Gasteiger charge is -2.05. The molecule has 0 aliphatic carbocycles. The molecule has 2 aromatic heterocycles. The third-order valence-corrected chi connectivity index (χ3v) is 3.88. The molecule has 0 aliphatic heterocycles. The van der Waals surface area contributed by atoms with Crippen molar-refractivity contribution >= 4 is 52.4 Å². The second-order valence-electron chi connectivity index (χ2n) is 2.90. The van der Waals surface area contributed by atoms with Gasteiger partial charge in [-0.2, -0.15) is 0 Å². The normalized spacial score (nSPS) is 10.5. The van der Waals surface area contributed by atoms with Gasteiger partial charge in [0.15, 0.2) is 5.82 Å². The van der Waals surface area contributed by atoms with Gasteiger partial charge in [-0.15, -0.1) is 0 Å². The van der Waals surface area contributed by atoms with Gasteiger partial charge in [-0.05, 0) is 6.07 Å². The first kappa shape index (κ1) is 12.7. The predicted molar refractivity (Wildman–Crippen MR) is 69.8 cm³/mol. The van der Waals surface area contributed by atoms with E-state index in [-0.39, 0.29) is 16.1 Å². The first-order valence-electron chi connectivity index (χ1n) is 4.34. The molecule has 8 heteroatoms. The van der Waals surface area contributed by atoms with Crippen molar-refractivity contribution in [2.45, 2.75) is 9.92 Å². The first-order valence-corrected chi connectivity index (χ1v) is 6.29. The highest BCUT2D eigenvalue weighted by Gasteiger charge is 2.11. The fourth-order valence-electron chi connectivity index (χ4n) is 1.03. The third kappa shape index (κ3) is 2.93. The molecule has 2 N–H and O–H groups in total. The van der Waals surface area contributed by atoms with Crippen molar-refractivity contribution < 1.29 is 0 Å². The Bertz CT molecular complexity index is 564. The van der Waals surface area contributed by atoms with Gasteiger partial charge < -0.3 is 5.73 Å². The van der Waals surface area contributed by atoms with E-state index in [1.54, 1.807) is 12.3 Å². The molecule has 0 aromatic carbocycles. The maximum absolute atomic E-state index is 6.00. The predicted octanol–water partition coefficient (Wildman–Crippen LogP) is 3.57. The van der Waals surface area contributed by atoms with Crippen LogP contribution in [-0.2, 0) is 0 Å². The van der Waals surface area contributed by atoms with Gasteiger partial charge in [0.2, 0.25) is 0 Å². The van der Waals surface area contributed by atoms with Crippen molar-refractivity contribution in [3.63, 3.8) is 0 Å². The van der Waals surface area contributed by atoms with E-state index >= 15 is 0 Å². The smallest absolute Gasteiger partial charge is 0.158 e. The highest BCUT2D eigenvalue weighted by Crippen LogP contribution is 2.36. The Labute approximate surface area is 117 Å². The number of hydrogen-bond acceptors (Lipinski definition) is 5. The molecule has 2 rings (SSSR count). The molecule has 17 heavy (non-hydrogen) atoms. The molecular formula is C9H5Cl3N4S. The summed E-state index contributed by atoms with van der Waals surface area (Å²) in [5.41, 5.74) is 5.69. The number of nitrogens with zero attached hydrogens (tertiary/aromatic N) is 3. The van der Waals surface area contributed by atoms with E-state index in [9.17, 15) is 0 Å². The summed E-state index contributed by atoms with van der Waals surface area (Å²) >= 11 is 18.7. The summed E-state index contributed by atoms with van der Waals surface area (Å²) in [7, 11) is 0. The Morgan fingerprint density at radius 1 is 1.18 bits per heavy atom. The number of halogens is 3. The van der Waals surface area contributed by atoms with Crippen molar-refractivity contribution in [2.24, 2.45) is 0 Å². The zero-order chi connectivity index (χ0) is 12.4. The van der Waals surface area contributed by atoms with E-state index in [2.05, 4.69) is 15.0 Å². The number of rotatable bonds is 2. The Morgan fingerprint density at radius 2 is 1.94 bits per heavy atom. The van der Waals surface area contributed by atoms with Crippen LogP contribution < -0.4 is 5.73 Å². The lowest BCUT2D eigenvalue weighted by atomic mass is 10.5. The lowest BCUT2D eigenvalue weighted by molar-refractivity contribution is 1.07. The molecule has 0 saturated carbocycles. The van der Waals surface area contributed by atoms with Crippen LogP contribution >= 0.6 is 46.6 Å². The van der Waals surface area contributed by atoms with E-state index in [0.717, 1.165) is 0 Å². The number of hydrogen-bond donors (Lipinski definition) is 1. The molecule has 0 fully saturated rings. The molecule has 0 spiro atoms. The molecule has 0 bridgehead atoms. The molecule has 0 aliphatic rings. The highest BCUT2D eigenvalue weighted by molar-refractivity contribution is 7.99. The number of nitrogen functional groups attached to an aromatic ring is 1. The van der Waals surface area contributed by atoms with Gasteiger partial charge in [-0.25, -0.2) is 15.0 Å². The fourth-order valence-corrected chi connectivity index (χ4v) is 2.39. The summed E-state index contributed by atoms with van der Waals surface area (Å²) < 4.78 is 0. The average molecular weight is 308 g/mol. The number of anilines is 1. The van der Waals surface area contributed by atoms with Crippen molar-refractivity contribution in [1.29, 1.82) is 0 Å². The zero-order valence-corrected chi connectivity index (χ0v) is 11.3. The van der Waals surface area contributed by atoms with Crippen molar-refractivity contribution in [3.8, 4) is 0 Å². The van der Waals surface area contributed by atoms with Gasteiger partial charge in [0.05, 0.1) is 11.2 Å². The molecule has 2 aromatic rings. The molecule has 0 atom stereocenters. The Kier molecular flexibility index (Phi) is 3.93. The van der Waals surface area contributed by atoms with Crippen LogP contribution in [0.1, 0.15) is 0 Å². The molecular weight excluding hydrogens is 303 g/mol. The number of pyridine rings is 1.